The summed E-state index contributed by atoms with van der Waals surface area (Å²) in [5.74, 6) is -0.487. The van der Waals surface area contributed by atoms with Crippen LogP contribution in [-0.4, -0.2) is 46.6 Å². The molecule has 0 aliphatic carbocycles. The number of ether oxygens (including phenoxy) is 1. The van der Waals surface area contributed by atoms with Crippen LogP contribution in [0, 0.1) is 5.92 Å². The third-order valence-corrected chi connectivity index (χ3v) is 5.57. The fraction of sp³-hybridized carbons (Fsp3) is 0.450. The number of fused-ring (bicyclic) bond motifs is 1. The number of urea groups is 1. The molecule has 28 heavy (non-hydrogen) atoms. The van der Waals surface area contributed by atoms with E-state index in [1.165, 1.54) is 7.11 Å². The van der Waals surface area contributed by atoms with Crippen molar-refractivity contribution in [2.75, 3.05) is 13.7 Å². The van der Waals surface area contributed by atoms with Gasteiger partial charge in [0.2, 0.25) is 0 Å². The summed E-state index contributed by atoms with van der Waals surface area (Å²) in [4.78, 5) is 34.7. The van der Waals surface area contributed by atoms with Gasteiger partial charge in [0.05, 0.1) is 19.1 Å². The van der Waals surface area contributed by atoms with Crippen LogP contribution in [0.1, 0.15) is 43.3 Å². The first-order chi connectivity index (χ1) is 13.5. The van der Waals surface area contributed by atoms with Crippen molar-refractivity contribution in [3.05, 3.63) is 52.6 Å². The molecule has 0 spiro atoms. The predicted octanol–water partition coefficient (Wildman–Crippen LogP) is 3.31. The highest BCUT2D eigenvalue weighted by molar-refractivity contribution is 6.30. The lowest BCUT2D eigenvalue weighted by Crippen LogP contribution is -2.53. The van der Waals surface area contributed by atoms with Crippen LogP contribution in [0.4, 0.5) is 4.79 Å². The second-order valence-corrected chi connectivity index (χ2v) is 7.44. The number of esters is 1. The largest absolute Gasteiger partial charge is 0.467 e. The second-order valence-electron chi connectivity index (χ2n) is 7.00. The van der Waals surface area contributed by atoms with Gasteiger partial charge in [0.25, 0.3) is 0 Å². The number of aromatic nitrogens is 2. The fourth-order valence-electron chi connectivity index (χ4n) is 3.49. The number of nitrogens with one attached hydrogen (secondary N) is 2. The number of imidazole rings is 1. The molecule has 2 heterocycles. The van der Waals surface area contributed by atoms with E-state index >= 15 is 0 Å². The van der Waals surface area contributed by atoms with E-state index in [9.17, 15) is 9.59 Å². The van der Waals surface area contributed by atoms with Crippen molar-refractivity contribution in [2.24, 2.45) is 5.92 Å². The zero-order valence-electron chi connectivity index (χ0n) is 16.2. The van der Waals surface area contributed by atoms with Gasteiger partial charge in [-0.25, -0.2) is 14.6 Å². The molecular weight excluding hydrogens is 380 g/mol. The Morgan fingerprint density at radius 1 is 1.39 bits per heavy atom. The summed E-state index contributed by atoms with van der Waals surface area (Å²) < 4.78 is 4.89. The van der Waals surface area contributed by atoms with Crippen LogP contribution in [0.2, 0.25) is 5.02 Å². The number of amides is 2. The molecule has 0 unspecified atom stereocenters. The average molecular weight is 405 g/mol. The monoisotopic (exact) mass is 404 g/mol. The third kappa shape index (κ3) is 3.99. The molecule has 8 heteroatoms. The first-order valence-corrected chi connectivity index (χ1v) is 9.76. The minimum atomic E-state index is -0.700. The molecule has 150 valence electrons. The summed E-state index contributed by atoms with van der Waals surface area (Å²) >= 11 is 6.03. The Bertz CT molecular complexity index is 836. The predicted molar refractivity (Wildman–Crippen MR) is 106 cm³/mol. The number of rotatable bonds is 5. The minimum Gasteiger partial charge on any atom is -0.467 e. The van der Waals surface area contributed by atoms with E-state index in [0.29, 0.717) is 18.0 Å². The van der Waals surface area contributed by atoms with Crippen LogP contribution in [0.5, 0.6) is 0 Å². The number of nitrogens with zero attached hydrogens (tertiary/aromatic N) is 2. The Kier molecular flexibility index (Phi) is 6.24. The van der Waals surface area contributed by atoms with Crippen LogP contribution in [0.25, 0.3) is 0 Å². The number of H-pyrrole nitrogens is 1. The van der Waals surface area contributed by atoms with Gasteiger partial charge in [0.1, 0.15) is 12.1 Å². The van der Waals surface area contributed by atoms with Crippen LogP contribution in [0.3, 0.4) is 0 Å². The first kappa shape index (κ1) is 20.2. The van der Waals surface area contributed by atoms with Crippen LogP contribution in [-0.2, 0) is 16.0 Å². The number of methoxy groups -OCH3 is 1. The molecule has 2 N–H and O–H groups in total. The lowest BCUT2D eigenvalue weighted by Gasteiger charge is -2.36. The lowest BCUT2D eigenvalue weighted by molar-refractivity contribution is -0.144. The summed E-state index contributed by atoms with van der Waals surface area (Å²) in [7, 11) is 1.33. The molecule has 0 fully saturated rings. The number of hydrogen-bond acceptors (Lipinski definition) is 4. The molecule has 2 amide bonds. The molecule has 0 saturated carbocycles. The van der Waals surface area contributed by atoms with Crippen LogP contribution >= 0.6 is 11.6 Å². The molecule has 0 saturated heterocycles. The Morgan fingerprint density at radius 2 is 2.11 bits per heavy atom. The van der Waals surface area contributed by atoms with E-state index in [4.69, 9.17) is 16.3 Å². The van der Waals surface area contributed by atoms with E-state index in [1.54, 1.807) is 23.4 Å². The van der Waals surface area contributed by atoms with Gasteiger partial charge in [-0.15, -0.1) is 0 Å². The smallest absolute Gasteiger partial charge is 0.328 e. The topological polar surface area (TPSA) is 87.3 Å². The maximum atomic E-state index is 13.2. The number of carbonyl (C=O) groups excluding carboxylic acids is 2. The molecular formula is C20H25ClN4O3. The quantitative estimate of drug-likeness (QED) is 0.748. The Balaban J connectivity index is 1.91. The van der Waals surface area contributed by atoms with Gasteiger partial charge in [-0.05, 0) is 23.6 Å². The molecule has 7 nitrogen and oxygen atoms in total. The zero-order valence-corrected chi connectivity index (χ0v) is 17.0. The van der Waals surface area contributed by atoms with Gasteiger partial charge in [-0.3, -0.25) is 0 Å². The minimum absolute atomic E-state index is 0.0453. The van der Waals surface area contributed by atoms with Gasteiger partial charge < -0.3 is 19.9 Å². The van der Waals surface area contributed by atoms with Gasteiger partial charge in [-0.1, -0.05) is 44.0 Å². The second kappa shape index (κ2) is 8.65. The summed E-state index contributed by atoms with van der Waals surface area (Å²) in [5.41, 5.74) is 2.73. The maximum absolute atomic E-state index is 13.2. The highest BCUT2D eigenvalue weighted by atomic mass is 35.5. The Labute approximate surface area is 169 Å². The van der Waals surface area contributed by atoms with Gasteiger partial charge in [0, 0.05) is 23.7 Å². The van der Waals surface area contributed by atoms with Crippen molar-refractivity contribution < 1.29 is 14.3 Å². The molecule has 1 aromatic heterocycles. The highest BCUT2D eigenvalue weighted by Gasteiger charge is 2.36. The summed E-state index contributed by atoms with van der Waals surface area (Å²) in [6.07, 6.45) is 3.05. The van der Waals surface area contributed by atoms with Gasteiger partial charge in [-0.2, -0.15) is 0 Å². The Hall–Kier alpha value is -2.54. The summed E-state index contributed by atoms with van der Waals surface area (Å²) in [5, 5.41) is 3.50. The van der Waals surface area contributed by atoms with Crippen LogP contribution < -0.4 is 5.32 Å². The molecule has 3 atom stereocenters. The number of aromatic amines is 1. The molecule has 1 aliphatic heterocycles. The van der Waals surface area contributed by atoms with Crippen molar-refractivity contribution in [3.8, 4) is 0 Å². The average Bonchev–Trinajstić information content (AvgIpc) is 3.19. The standard InChI is InChI=1S/C20H25ClN4O3/c1-4-12(2)16(19(26)28-3)24-20(27)25-10-9-15-17(23-11-22-15)18(25)13-5-7-14(21)8-6-13/h5-8,11-12,16,18H,4,9-10H2,1-3H3,(H,22,23)(H,24,27)/t12-,16+,18+/m0/s1. The van der Waals surface area contributed by atoms with Crippen molar-refractivity contribution in [1.82, 2.24) is 20.2 Å². The number of carbonyl (C=O) groups is 2. The molecule has 0 radical (unpaired) electrons. The molecule has 1 aromatic carbocycles. The van der Waals surface area contributed by atoms with Gasteiger partial charge in [0.15, 0.2) is 0 Å². The van der Waals surface area contributed by atoms with E-state index < -0.39 is 12.0 Å². The van der Waals surface area contributed by atoms with E-state index in [-0.39, 0.29) is 18.0 Å². The first-order valence-electron chi connectivity index (χ1n) is 9.38. The fourth-order valence-corrected chi connectivity index (χ4v) is 3.62. The molecule has 0 bridgehead atoms. The van der Waals surface area contributed by atoms with Crippen molar-refractivity contribution in [2.45, 2.75) is 38.8 Å². The van der Waals surface area contributed by atoms with E-state index in [2.05, 4.69) is 15.3 Å². The normalized spacial score (nSPS) is 18.1. The zero-order chi connectivity index (χ0) is 20.3. The number of benzene rings is 1. The van der Waals surface area contributed by atoms with Crippen molar-refractivity contribution >= 4 is 23.6 Å². The number of halogens is 1. The van der Waals surface area contributed by atoms with Crippen LogP contribution in [0.15, 0.2) is 30.6 Å². The Morgan fingerprint density at radius 3 is 2.75 bits per heavy atom. The van der Waals surface area contributed by atoms with Crippen molar-refractivity contribution in [3.63, 3.8) is 0 Å². The third-order valence-electron chi connectivity index (χ3n) is 5.32. The molecule has 1 aliphatic rings. The lowest BCUT2D eigenvalue weighted by atomic mass is 9.95. The molecule has 3 rings (SSSR count). The number of hydrogen-bond donors (Lipinski definition) is 2. The van der Waals surface area contributed by atoms with Crippen molar-refractivity contribution in [1.29, 1.82) is 0 Å². The van der Waals surface area contributed by atoms with E-state index in [0.717, 1.165) is 23.4 Å². The van der Waals surface area contributed by atoms with E-state index in [1.807, 2.05) is 26.0 Å². The summed E-state index contributed by atoms with van der Waals surface area (Å²) in [6.45, 7) is 4.39. The maximum Gasteiger partial charge on any atom is 0.328 e. The van der Waals surface area contributed by atoms with Gasteiger partial charge >= 0.3 is 12.0 Å². The molecule has 2 aromatic rings. The highest BCUT2D eigenvalue weighted by Crippen LogP contribution is 2.34. The summed E-state index contributed by atoms with van der Waals surface area (Å²) in [6, 6.07) is 6.00. The SMILES string of the molecule is CC[C@H](C)[C@@H](NC(=O)N1CCc2[nH]cnc2[C@H]1c1ccc(Cl)cc1)C(=O)OC.